The van der Waals surface area contributed by atoms with Crippen molar-refractivity contribution in [3.63, 3.8) is 0 Å². The summed E-state index contributed by atoms with van der Waals surface area (Å²) >= 11 is 0. The van der Waals surface area contributed by atoms with Gasteiger partial charge in [-0.1, -0.05) is 6.92 Å². The summed E-state index contributed by atoms with van der Waals surface area (Å²) in [5.41, 5.74) is -0.0914. The first-order chi connectivity index (χ1) is 8.51. The monoisotopic (exact) mass is 268 g/mol. The number of pyridine rings is 1. The van der Waals surface area contributed by atoms with Gasteiger partial charge in [0.1, 0.15) is 11.0 Å². The standard InChI is InChI=1S/C11H16N4O2S/c1-9(7-13-2)8-15-18(16,17)11-4-3-5-14-10(11)6-12/h3-5,9,13,15H,7-8H2,1-2H3. The molecule has 0 saturated carbocycles. The smallest absolute Gasteiger partial charge is 0.243 e. The van der Waals surface area contributed by atoms with Crippen LogP contribution in [0.2, 0.25) is 0 Å². The first-order valence-corrected chi connectivity index (χ1v) is 6.99. The highest BCUT2D eigenvalue weighted by atomic mass is 32.2. The second-order valence-electron chi connectivity index (χ2n) is 3.98. The van der Waals surface area contributed by atoms with Crippen molar-refractivity contribution >= 4 is 10.0 Å². The summed E-state index contributed by atoms with van der Waals surface area (Å²) < 4.78 is 26.5. The highest BCUT2D eigenvalue weighted by Gasteiger charge is 2.19. The molecule has 18 heavy (non-hydrogen) atoms. The summed E-state index contributed by atoms with van der Waals surface area (Å²) in [6, 6.07) is 4.64. The van der Waals surface area contributed by atoms with Gasteiger partial charge in [0.2, 0.25) is 10.0 Å². The molecule has 0 aliphatic carbocycles. The topological polar surface area (TPSA) is 94.9 Å². The van der Waals surface area contributed by atoms with Crippen molar-refractivity contribution in [3.8, 4) is 6.07 Å². The van der Waals surface area contributed by atoms with Crippen LogP contribution in [0.5, 0.6) is 0 Å². The fraction of sp³-hybridized carbons (Fsp3) is 0.455. The van der Waals surface area contributed by atoms with E-state index < -0.39 is 10.0 Å². The largest absolute Gasteiger partial charge is 0.319 e. The fourth-order valence-electron chi connectivity index (χ4n) is 1.44. The Balaban J connectivity index is 2.84. The van der Waals surface area contributed by atoms with Crippen LogP contribution in [0.25, 0.3) is 0 Å². The van der Waals surface area contributed by atoms with Gasteiger partial charge < -0.3 is 5.32 Å². The van der Waals surface area contributed by atoms with E-state index in [2.05, 4.69) is 15.0 Å². The maximum absolute atomic E-state index is 12.0. The number of hydrogen-bond acceptors (Lipinski definition) is 5. The Morgan fingerprint density at radius 1 is 1.50 bits per heavy atom. The molecule has 0 spiro atoms. The van der Waals surface area contributed by atoms with E-state index >= 15 is 0 Å². The minimum atomic E-state index is -3.68. The molecule has 0 amide bonds. The van der Waals surface area contributed by atoms with Crippen molar-refractivity contribution in [1.82, 2.24) is 15.0 Å². The summed E-state index contributed by atoms with van der Waals surface area (Å²) in [5, 5.41) is 11.8. The molecule has 0 saturated heterocycles. The summed E-state index contributed by atoms with van der Waals surface area (Å²) in [6.07, 6.45) is 1.39. The molecule has 98 valence electrons. The Bertz CT molecular complexity index is 536. The average molecular weight is 268 g/mol. The van der Waals surface area contributed by atoms with Crippen LogP contribution in [-0.4, -0.2) is 33.5 Å². The van der Waals surface area contributed by atoms with Gasteiger partial charge in [0.15, 0.2) is 5.69 Å². The molecule has 6 nitrogen and oxygen atoms in total. The van der Waals surface area contributed by atoms with Gasteiger partial charge in [0.05, 0.1) is 0 Å². The summed E-state index contributed by atoms with van der Waals surface area (Å²) in [5.74, 6) is 0.159. The van der Waals surface area contributed by atoms with Gasteiger partial charge >= 0.3 is 0 Å². The van der Waals surface area contributed by atoms with E-state index in [1.807, 2.05) is 6.92 Å². The number of aromatic nitrogens is 1. The van der Waals surface area contributed by atoms with E-state index in [4.69, 9.17) is 5.26 Å². The molecule has 1 aromatic heterocycles. The molecule has 0 fully saturated rings. The van der Waals surface area contributed by atoms with Crippen LogP contribution >= 0.6 is 0 Å². The normalized spacial score (nSPS) is 12.9. The first kappa shape index (κ1) is 14.6. The molecule has 1 rings (SSSR count). The van der Waals surface area contributed by atoms with Crippen LogP contribution in [-0.2, 0) is 10.0 Å². The van der Waals surface area contributed by atoms with Gasteiger partial charge in [-0.05, 0) is 31.6 Å². The van der Waals surface area contributed by atoms with E-state index in [1.54, 1.807) is 13.1 Å². The van der Waals surface area contributed by atoms with Crippen molar-refractivity contribution < 1.29 is 8.42 Å². The lowest BCUT2D eigenvalue weighted by molar-refractivity contribution is 0.518. The van der Waals surface area contributed by atoms with Crippen LogP contribution < -0.4 is 10.0 Å². The average Bonchev–Trinajstić information content (AvgIpc) is 2.37. The predicted octanol–water partition coefficient (Wildman–Crippen LogP) is 0.0871. The van der Waals surface area contributed by atoms with E-state index in [-0.39, 0.29) is 16.5 Å². The Labute approximate surface area is 107 Å². The molecule has 7 heteroatoms. The van der Waals surface area contributed by atoms with Crippen LogP contribution in [0.15, 0.2) is 23.2 Å². The zero-order chi connectivity index (χ0) is 13.6. The third-order valence-electron chi connectivity index (χ3n) is 2.34. The molecular formula is C11H16N4O2S. The van der Waals surface area contributed by atoms with Gasteiger partial charge in [-0.25, -0.2) is 18.1 Å². The van der Waals surface area contributed by atoms with Crippen molar-refractivity contribution in [3.05, 3.63) is 24.0 Å². The number of nitrogens with zero attached hydrogens (tertiary/aromatic N) is 2. The minimum absolute atomic E-state index is 0.0795. The van der Waals surface area contributed by atoms with Crippen molar-refractivity contribution in [2.75, 3.05) is 20.1 Å². The molecule has 0 aliphatic heterocycles. The summed E-state index contributed by atoms with van der Waals surface area (Å²) in [4.78, 5) is 3.65. The van der Waals surface area contributed by atoms with Crippen LogP contribution in [0, 0.1) is 17.2 Å². The predicted molar refractivity (Wildman–Crippen MR) is 67.2 cm³/mol. The highest BCUT2D eigenvalue weighted by Crippen LogP contribution is 2.11. The lowest BCUT2D eigenvalue weighted by atomic mass is 10.2. The third kappa shape index (κ3) is 3.77. The van der Waals surface area contributed by atoms with Crippen molar-refractivity contribution in [2.24, 2.45) is 5.92 Å². The molecule has 1 heterocycles. The summed E-state index contributed by atoms with van der Waals surface area (Å²) in [6.45, 7) is 2.94. The van der Waals surface area contributed by atoms with Gasteiger partial charge in [0, 0.05) is 12.7 Å². The van der Waals surface area contributed by atoms with Gasteiger partial charge in [0.25, 0.3) is 0 Å². The van der Waals surface area contributed by atoms with Crippen LogP contribution in [0.3, 0.4) is 0 Å². The fourth-order valence-corrected chi connectivity index (χ4v) is 2.71. The maximum Gasteiger partial charge on any atom is 0.243 e. The Morgan fingerprint density at radius 3 is 2.83 bits per heavy atom. The first-order valence-electron chi connectivity index (χ1n) is 5.50. The number of nitrogens with one attached hydrogen (secondary N) is 2. The molecule has 0 aromatic carbocycles. The lowest BCUT2D eigenvalue weighted by Crippen LogP contribution is -2.32. The Kier molecular flexibility index (Phi) is 5.22. The third-order valence-corrected chi connectivity index (χ3v) is 3.80. The molecule has 1 atom stereocenters. The highest BCUT2D eigenvalue weighted by molar-refractivity contribution is 7.89. The van der Waals surface area contributed by atoms with E-state index in [0.717, 1.165) is 0 Å². The van der Waals surface area contributed by atoms with E-state index in [9.17, 15) is 8.42 Å². The van der Waals surface area contributed by atoms with Gasteiger partial charge in [-0.2, -0.15) is 5.26 Å². The van der Waals surface area contributed by atoms with Gasteiger partial charge in [-0.15, -0.1) is 0 Å². The molecule has 1 unspecified atom stereocenters. The zero-order valence-corrected chi connectivity index (χ0v) is 11.2. The molecule has 2 N–H and O–H groups in total. The second kappa shape index (κ2) is 6.44. The molecule has 0 radical (unpaired) electrons. The second-order valence-corrected chi connectivity index (χ2v) is 5.71. The number of nitriles is 1. The number of hydrogen-bond donors (Lipinski definition) is 2. The molecule has 0 aliphatic rings. The van der Waals surface area contributed by atoms with E-state index in [1.165, 1.54) is 18.3 Å². The van der Waals surface area contributed by atoms with E-state index in [0.29, 0.717) is 13.1 Å². The molecule has 1 aromatic rings. The quantitative estimate of drug-likeness (QED) is 0.762. The molecule has 0 bridgehead atoms. The Hall–Kier alpha value is -1.49. The number of sulfonamides is 1. The zero-order valence-electron chi connectivity index (χ0n) is 10.3. The van der Waals surface area contributed by atoms with Crippen LogP contribution in [0.1, 0.15) is 12.6 Å². The maximum atomic E-state index is 12.0. The Morgan fingerprint density at radius 2 is 2.22 bits per heavy atom. The summed E-state index contributed by atoms with van der Waals surface area (Å²) in [7, 11) is -1.87. The van der Waals surface area contributed by atoms with Crippen molar-refractivity contribution in [1.29, 1.82) is 5.26 Å². The molecular weight excluding hydrogens is 252 g/mol. The van der Waals surface area contributed by atoms with Crippen molar-refractivity contribution in [2.45, 2.75) is 11.8 Å². The lowest BCUT2D eigenvalue weighted by Gasteiger charge is -2.12. The minimum Gasteiger partial charge on any atom is -0.319 e. The SMILES string of the molecule is CNCC(C)CNS(=O)(=O)c1cccnc1C#N. The van der Waals surface area contributed by atoms with Gasteiger partial charge in [-0.3, -0.25) is 0 Å². The van der Waals surface area contributed by atoms with Crippen LogP contribution in [0.4, 0.5) is 0 Å². The number of rotatable bonds is 6.